The average Bonchev–Trinajstić information content (AvgIpc) is 3.24. The lowest BCUT2D eigenvalue weighted by Gasteiger charge is -2.33. The highest BCUT2D eigenvalue weighted by Gasteiger charge is 2.24. The number of aliphatic hydroxyl groups is 1. The van der Waals surface area contributed by atoms with Crippen LogP contribution in [0.4, 0.5) is 11.6 Å². The Kier molecular flexibility index (Phi) is 18.7. The lowest BCUT2D eigenvalue weighted by atomic mass is 10.2. The van der Waals surface area contributed by atoms with Gasteiger partial charge < -0.3 is 29.5 Å². The average molecular weight is 901 g/mol. The normalized spacial score (nSPS) is 15.1. The van der Waals surface area contributed by atoms with Gasteiger partial charge in [0.1, 0.15) is 6.29 Å². The number of rotatable bonds is 14. The Bertz CT molecular complexity index is 2420. The molecular weight excluding hydrogens is 837 g/mol. The Morgan fingerprint density at radius 2 is 0.968 bits per heavy atom. The van der Waals surface area contributed by atoms with E-state index in [-0.39, 0.29) is 42.4 Å². The number of anilines is 2. The fraction of sp³-hybridized carbons (Fsp3) is 0.500. The molecule has 0 aliphatic carbocycles. The molecule has 4 heterocycles. The van der Waals surface area contributed by atoms with Crippen molar-refractivity contribution in [2.45, 2.75) is 50.3 Å². The van der Waals surface area contributed by atoms with Crippen LogP contribution in [0, 0.1) is 0 Å². The summed E-state index contributed by atoms with van der Waals surface area (Å²) in [5, 5.41) is 9.19. The first-order valence-electron chi connectivity index (χ1n) is 19.7. The highest BCUT2D eigenvalue weighted by molar-refractivity contribution is 7.89. The molecule has 2 saturated heterocycles. The number of likely N-dealkylation sites (N-methyl/N-ethyl adjacent to an activating group) is 2. The molecule has 0 atom stereocenters. The Morgan fingerprint density at radius 3 is 1.29 bits per heavy atom. The van der Waals surface area contributed by atoms with Crippen LogP contribution in [0.1, 0.15) is 39.1 Å². The van der Waals surface area contributed by atoms with Crippen LogP contribution in [-0.4, -0.2) is 167 Å². The Hall–Kier alpha value is -4.83. The summed E-state index contributed by atoms with van der Waals surface area (Å²) in [6.45, 7) is 6.20. The maximum Gasteiger partial charge on any atom is 0.298 e. The van der Waals surface area contributed by atoms with Gasteiger partial charge in [-0.15, -0.1) is 0 Å². The van der Waals surface area contributed by atoms with Crippen molar-refractivity contribution in [2.24, 2.45) is 0 Å². The van der Waals surface area contributed by atoms with Gasteiger partial charge in [0.05, 0.1) is 21.2 Å². The second kappa shape index (κ2) is 22.5. The lowest BCUT2D eigenvalue weighted by Crippen LogP contribution is -2.47. The lowest BCUT2D eigenvalue weighted by molar-refractivity contribution is -0.107. The first kappa shape index (κ1) is 51.5. The third kappa shape index (κ3) is 12.2. The molecule has 2 aliphatic rings. The van der Waals surface area contributed by atoms with E-state index in [0.29, 0.717) is 86.3 Å². The Labute approximate surface area is 366 Å². The molecule has 1 N–H and O–H groups in total. The van der Waals surface area contributed by atoms with Crippen molar-refractivity contribution >= 4 is 38.0 Å². The Morgan fingerprint density at radius 1 is 0.613 bits per heavy atom. The van der Waals surface area contributed by atoms with Crippen molar-refractivity contribution in [3.8, 4) is 11.4 Å². The quantitative estimate of drug-likeness (QED) is 0.180. The van der Waals surface area contributed by atoms with Crippen LogP contribution in [-0.2, 0) is 37.7 Å². The second-order valence-electron chi connectivity index (χ2n) is 15.1. The van der Waals surface area contributed by atoms with Gasteiger partial charge in [0.15, 0.2) is 11.6 Å². The van der Waals surface area contributed by atoms with Gasteiger partial charge >= 0.3 is 0 Å². The molecule has 342 valence electrons. The SMILES string of the molecule is C.C.CN1CCN(c2nc(CCC=O)cn(-c3ccc(S(=O)(=O)N(C)C)cc3)c2=O)CC1.CN1CCN(c2nc(CCCO)cn(-c3ccc(S(=O)(=O)N(C)C)cc3)c2=O)CC1. The van der Waals surface area contributed by atoms with E-state index in [0.717, 1.165) is 41.1 Å². The predicted octanol–water partition coefficient (Wildman–Crippen LogP) is 1.80. The molecule has 2 aliphatic heterocycles. The summed E-state index contributed by atoms with van der Waals surface area (Å²) in [7, 11) is 2.88. The third-order valence-corrected chi connectivity index (χ3v) is 14.0. The summed E-state index contributed by atoms with van der Waals surface area (Å²) in [4.78, 5) is 55.1. The van der Waals surface area contributed by atoms with Gasteiger partial charge in [0.2, 0.25) is 20.0 Å². The van der Waals surface area contributed by atoms with Gasteiger partial charge in [-0.1, -0.05) is 14.9 Å². The van der Waals surface area contributed by atoms with E-state index in [4.69, 9.17) is 0 Å². The molecule has 0 spiro atoms. The smallest absolute Gasteiger partial charge is 0.298 e. The molecule has 6 rings (SSSR count). The summed E-state index contributed by atoms with van der Waals surface area (Å²) < 4.78 is 54.5. The van der Waals surface area contributed by atoms with E-state index in [2.05, 4.69) is 19.8 Å². The van der Waals surface area contributed by atoms with Crippen LogP contribution in [0.15, 0.2) is 80.3 Å². The van der Waals surface area contributed by atoms with E-state index in [1.807, 2.05) is 23.9 Å². The number of nitrogens with zero attached hydrogens (tertiary/aromatic N) is 10. The largest absolute Gasteiger partial charge is 0.396 e. The van der Waals surface area contributed by atoms with Crippen LogP contribution in [0.5, 0.6) is 0 Å². The molecule has 2 fully saturated rings. The maximum atomic E-state index is 13.2. The number of aldehydes is 1. The molecule has 0 amide bonds. The van der Waals surface area contributed by atoms with Crippen molar-refractivity contribution in [3.63, 3.8) is 0 Å². The van der Waals surface area contributed by atoms with E-state index in [1.165, 1.54) is 61.6 Å². The minimum absolute atomic E-state index is 0. The number of piperazine rings is 2. The maximum absolute atomic E-state index is 13.2. The van der Waals surface area contributed by atoms with Crippen molar-refractivity contribution in [2.75, 3.05) is 111 Å². The fourth-order valence-corrected chi connectivity index (χ4v) is 8.38. The molecule has 4 aromatic rings. The van der Waals surface area contributed by atoms with E-state index < -0.39 is 20.0 Å². The van der Waals surface area contributed by atoms with E-state index in [9.17, 15) is 36.3 Å². The van der Waals surface area contributed by atoms with Gasteiger partial charge in [-0.25, -0.2) is 35.4 Å². The van der Waals surface area contributed by atoms with Crippen molar-refractivity contribution < 1.29 is 26.7 Å². The highest BCUT2D eigenvalue weighted by atomic mass is 32.2. The number of aryl methyl sites for hydroxylation is 2. The molecule has 62 heavy (non-hydrogen) atoms. The predicted molar refractivity (Wildman–Crippen MR) is 244 cm³/mol. The first-order chi connectivity index (χ1) is 28.5. The number of aliphatic hydroxyl groups excluding tert-OH is 1. The zero-order valence-corrected chi connectivity index (χ0v) is 36.8. The van der Waals surface area contributed by atoms with Gasteiger partial charge in [-0.2, -0.15) is 0 Å². The van der Waals surface area contributed by atoms with Crippen LogP contribution in [0.3, 0.4) is 0 Å². The number of aromatic nitrogens is 4. The minimum atomic E-state index is -3.55. The number of carbonyl (C=O) groups is 1. The number of hydrogen-bond acceptors (Lipinski definition) is 14. The topological polar surface area (TPSA) is 195 Å². The number of hydrogen-bond donors (Lipinski definition) is 1. The van der Waals surface area contributed by atoms with Crippen LogP contribution < -0.4 is 20.9 Å². The molecule has 0 bridgehead atoms. The number of carbonyl (C=O) groups excluding carboxylic acids is 1. The number of sulfonamides is 2. The second-order valence-corrected chi connectivity index (χ2v) is 19.4. The van der Waals surface area contributed by atoms with E-state index in [1.54, 1.807) is 36.7 Å². The summed E-state index contributed by atoms with van der Waals surface area (Å²) in [6.07, 6.45) is 5.96. The molecule has 18 nitrogen and oxygen atoms in total. The zero-order chi connectivity index (χ0) is 43.8. The number of benzene rings is 2. The van der Waals surface area contributed by atoms with Crippen molar-refractivity contribution in [1.29, 1.82) is 0 Å². The molecule has 20 heteroatoms. The Balaban J connectivity index is 0.000000320. The molecule has 0 saturated carbocycles. The van der Waals surface area contributed by atoms with Gasteiger partial charge in [-0.3, -0.25) is 18.7 Å². The van der Waals surface area contributed by atoms with Gasteiger partial charge in [0.25, 0.3) is 11.1 Å². The molecule has 0 radical (unpaired) electrons. The standard InChI is InChI=1S/C20H29N5O4S.C20H27N5O4S.2CH4/c2*1-22(2)30(28,29)18-8-6-17(7-9-18)25-15-16(5-4-14-26)21-19(20(25)27)24-12-10-23(3)11-13-24;;/h6-9,15,26H,4-5,10-14H2,1-3H3;6-9,14-15H,4-5,10-13H2,1-3H3;2*1H4. The highest BCUT2D eigenvalue weighted by Crippen LogP contribution is 2.20. The van der Waals surface area contributed by atoms with Crippen LogP contribution in [0.25, 0.3) is 11.4 Å². The van der Waals surface area contributed by atoms with Crippen LogP contribution >= 0.6 is 0 Å². The fourth-order valence-electron chi connectivity index (χ4n) is 6.58. The van der Waals surface area contributed by atoms with Gasteiger partial charge in [0, 0.05) is 117 Å². The summed E-state index contributed by atoms with van der Waals surface area (Å²) in [6, 6.07) is 12.4. The minimum Gasteiger partial charge on any atom is -0.396 e. The van der Waals surface area contributed by atoms with Crippen LogP contribution in [0.2, 0.25) is 0 Å². The summed E-state index contributed by atoms with van der Waals surface area (Å²) in [5.74, 6) is 0.750. The zero-order valence-electron chi connectivity index (χ0n) is 35.1. The first-order valence-corrected chi connectivity index (χ1v) is 22.6. The van der Waals surface area contributed by atoms with Crippen molar-refractivity contribution in [1.82, 2.24) is 37.5 Å². The molecule has 0 unspecified atom stereocenters. The molecule has 2 aromatic heterocycles. The summed E-state index contributed by atoms with van der Waals surface area (Å²) in [5.41, 5.74) is 1.96. The monoisotopic (exact) mass is 900 g/mol. The van der Waals surface area contributed by atoms with Crippen molar-refractivity contribution in [3.05, 3.63) is 93.0 Å². The molecular formula is C42H64N10O8S2. The third-order valence-electron chi connectivity index (χ3n) is 10.4. The summed E-state index contributed by atoms with van der Waals surface area (Å²) >= 11 is 0. The van der Waals surface area contributed by atoms with E-state index >= 15 is 0 Å². The van der Waals surface area contributed by atoms with Gasteiger partial charge in [-0.05, 0) is 81.9 Å². The molecule has 2 aromatic carbocycles.